The van der Waals surface area contributed by atoms with Crippen LogP contribution in [0.5, 0.6) is 11.5 Å². The van der Waals surface area contributed by atoms with Crippen LogP contribution in [-0.2, 0) is 19.1 Å². The first-order valence-corrected chi connectivity index (χ1v) is 12.2. The second-order valence-corrected chi connectivity index (χ2v) is 9.46. The van der Waals surface area contributed by atoms with Crippen molar-refractivity contribution in [3.8, 4) is 11.5 Å². The van der Waals surface area contributed by atoms with E-state index >= 15 is 0 Å². The molecule has 0 amide bonds. The molecule has 1 aliphatic rings. The van der Waals surface area contributed by atoms with Crippen molar-refractivity contribution in [2.45, 2.75) is 26.8 Å². The van der Waals surface area contributed by atoms with Crippen molar-refractivity contribution >= 4 is 46.9 Å². The van der Waals surface area contributed by atoms with Crippen LogP contribution >= 0.6 is 22.9 Å². The molecule has 0 saturated carbocycles. The molecule has 2 heterocycles. The minimum Gasteiger partial charge on any atom is -0.466 e. The molecule has 1 atom stereocenters. The average molecular weight is 541 g/mol. The molecule has 9 nitrogen and oxygen atoms in total. The highest BCUT2D eigenvalue weighted by molar-refractivity contribution is 7.07. The Labute approximate surface area is 219 Å². The largest absolute Gasteiger partial charge is 0.466 e. The van der Waals surface area contributed by atoms with Gasteiger partial charge in [0.25, 0.3) is 5.56 Å². The van der Waals surface area contributed by atoms with Gasteiger partial charge in [-0.3, -0.25) is 19.0 Å². The van der Waals surface area contributed by atoms with E-state index in [-0.39, 0.29) is 21.6 Å². The summed E-state index contributed by atoms with van der Waals surface area (Å²) in [5.74, 6) is -1.43. The maximum Gasteiger partial charge on any atom is 0.338 e. The van der Waals surface area contributed by atoms with Crippen molar-refractivity contribution in [3.63, 3.8) is 0 Å². The zero-order chi connectivity index (χ0) is 26.9. The number of carbonyl (C=O) groups is 3. The molecular weight excluding hydrogens is 520 g/mol. The standard InChI is InChI=1S/C26H21ClN2O7S/c1-13-22(25(33)34-4)23(16-5-8-18(27)9-6-16)29-24(32)21(37-26(29)28-13)11-17-7-10-19(35-14(2)30)12-20(17)36-15(3)31/h5-12,23H,1-4H3/b21-11-. The van der Waals surface area contributed by atoms with E-state index in [0.717, 1.165) is 11.3 Å². The number of esters is 3. The SMILES string of the molecule is COC(=O)C1=C(C)N=c2s/c(=C\c3ccc(OC(C)=O)cc3OC(C)=O)c(=O)n2C1c1ccc(Cl)cc1. The molecule has 0 spiro atoms. The number of ether oxygens (including phenoxy) is 3. The van der Waals surface area contributed by atoms with Crippen molar-refractivity contribution in [1.29, 1.82) is 0 Å². The third-order valence-electron chi connectivity index (χ3n) is 5.40. The molecule has 1 aromatic heterocycles. The number of benzene rings is 2. The quantitative estimate of drug-likeness (QED) is 0.361. The minimum atomic E-state index is -0.789. The highest BCUT2D eigenvalue weighted by Crippen LogP contribution is 2.31. The van der Waals surface area contributed by atoms with E-state index in [1.165, 1.54) is 37.7 Å². The minimum absolute atomic E-state index is 0.109. The molecule has 1 unspecified atom stereocenters. The number of nitrogens with zero attached hydrogens (tertiary/aromatic N) is 2. The lowest BCUT2D eigenvalue weighted by Gasteiger charge is -2.24. The van der Waals surface area contributed by atoms with Crippen LogP contribution in [0.3, 0.4) is 0 Å². The second-order valence-electron chi connectivity index (χ2n) is 8.01. The smallest absolute Gasteiger partial charge is 0.338 e. The summed E-state index contributed by atoms with van der Waals surface area (Å²) < 4.78 is 17.1. The number of methoxy groups -OCH3 is 1. The Bertz CT molecular complexity index is 1630. The zero-order valence-corrected chi connectivity index (χ0v) is 21.8. The topological polar surface area (TPSA) is 113 Å². The normalized spacial score (nSPS) is 15.1. The summed E-state index contributed by atoms with van der Waals surface area (Å²) in [6.07, 6.45) is 1.55. The average Bonchev–Trinajstić information content (AvgIpc) is 3.13. The Morgan fingerprint density at radius 1 is 1.05 bits per heavy atom. The van der Waals surface area contributed by atoms with Gasteiger partial charge < -0.3 is 14.2 Å². The van der Waals surface area contributed by atoms with E-state index in [0.29, 0.717) is 26.6 Å². The van der Waals surface area contributed by atoms with Crippen molar-refractivity contribution < 1.29 is 28.6 Å². The molecule has 0 bridgehead atoms. The van der Waals surface area contributed by atoms with Gasteiger partial charge in [-0.15, -0.1) is 0 Å². The molecule has 0 saturated heterocycles. The number of allylic oxidation sites excluding steroid dienone is 1. The van der Waals surface area contributed by atoms with Gasteiger partial charge in [0, 0.05) is 30.5 Å². The molecule has 0 fully saturated rings. The Balaban J connectivity index is 1.93. The molecular formula is C26H21ClN2O7S. The van der Waals surface area contributed by atoms with Gasteiger partial charge in [-0.2, -0.15) is 0 Å². The molecule has 2 aromatic carbocycles. The summed E-state index contributed by atoms with van der Waals surface area (Å²) in [7, 11) is 1.27. The van der Waals surface area contributed by atoms with E-state index in [1.807, 2.05) is 0 Å². The second kappa shape index (κ2) is 10.5. The summed E-state index contributed by atoms with van der Waals surface area (Å²) in [6, 6.07) is 10.5. The first-order valence-electron chi connectivity index (χ1n) is 11.0. The van der Waals surface area contributed by atoms with Crippen LogP contribution in [-0.4, -0.2) is 29.6 Å². The highest BCUT2D eigenvalue weighted by atomic mass is 35.5. The Morgan fingerprint density at radius 3 is 2.35 bits per heavy atom. The number of carbonyl (C=O) groups excluding carboxylic acids is 3. The van der Waals surface area contributed by atoms with Crippen LogP contribution in [0.4, 0.5) is 0 Å². The number of hydrogen-bond donors (Lipinski definition) is 0. The lowest BCUT2D eigenvalue weighted by atomic mass is 9.96. The van der Waals surface area contributed by atoms with Gasteiger partial charge in [-0.25, -0.2) is 9.79 Å². The fourth-order valence-electron chi connectivity index (χ4n) is 3.90. The summed E-state index contributed by atoms with van der Waals surface area (Å²) in [4.78, 5) is 54.3. The first-order chi connectivity index (χ1) is 17.6. The molecule has 190 valence electrons. The molecule has 1 aliphatic heterocycles. The number of fused-ring (bicyclic) bond motifs is 1. The third kappa shape index (κ3) is 5.40. The fraction of sp³-hybridized carbons (Fsp3) is 0.192. The number of aromatic nitrogens is 1. The predicted molar refractivity (Wildman–Crippen MR) is 136 cm³/mol. The first kappa shape index (κ1) is 26.1. The lowest BCUT2D eigenvalue weighted by Crippen LogP contribution is -2.39. The summed E-state index contributed by atoms with van der Waals surface area (Å²) in [6.45, 7) is 4.17. The van der Waals surface area contributed by atoms with Gasteiger partial charge in [0.2, 0.25) is 0 Å². The van der Waals surface area contributed by atoms with Gasteiger partial charge in [0.15, 0.2) is 4.80 Å². The Kier molecular flexibility index (Phi) is 7.42. The number of thiazole rings is 1. The fourth-order valence-corrected chi connectivity index (χ4v) is 5.06. The van der Waals surface area contributed by atoms with Gasteiger partial charge in [-0.1, -0.05) is 35.1 Å². The van der Waals surface area contributed by atoms with E-state index < -0.39 is 29.5 Å². The van der Waals surface area contributed by atoms with Crippen LogP contribution in [0.25, 0.3) is 6.08 Å². The Morgan fingerprint density at radius 2 is 1.73 bits per heavy atom. The molecule has 3 aromatic rings. The summed E-state index contributed by atoms with van der Waals surface area (Å²) in [5.41, 5.74) is 1.30. The van der Waals surface area contributed by atoms with Crippen molar-refractivity contribution in [3.05, 3.63) is 89.6 Å². The van der Waals surface area contributed by atoms with Crippen molar-refractivity contribution in [2.75, 3.05) is 7.11 Å². The van der Waals surface area contributed by atoms with Gasteiger partial charge >= 0.3 is 17.9 Å². The molecule has 11 heteroatoms. The van der Waals surface area contributed by atoms with Gasteiger partial charge in [0.1, 0.15) is 11.5 Å². The third-order valence-corrected chi connectivity index (χ3v) is 6.63. The van der Waals surface area contributed by atoms with Gasteiger partial charge in [0.05, 0.1) is 29.0 Å². The van der Waals surface area contributed by atoms with Crippen LogP contribution in [0.2, 0.25) is 5.02 Å². The van der Waals surface area contributed by atoms with Crippen LogP contribution in [0, 0.1) is 0 Å². The monoisotopic (exact) mass is 540 g/mol. The maximum atomic E-state index is 13.7. The number of hydrogen-bond acceptors (Lipinski definition) is 9. The summed E-state index contributed by atoms with van der Waals surface area (Å²) in [5, 5.41) is 0.506. The lowest BCUT2D eigenvalue weighted by molar-refractivity contribution is -0.137. The zero-order valence-electron chi connectivity index (χ0n) is 20.2. The van der Waals surface area contributed by atoms with Crippen LogP contribution in [0.15, 0.2) is 63.5 Å². The molecule has 37 heavy (non-hydrogen) atoms. The molecule has 0 N–H and O–H groups in total. The van der Waals surface area contributed by atoms with E-state index in [4.69, 9.17) is 25.8 Å². The van der Waals surface area contributed by atoms with E-state index in [2.05, 4.69) is 4.99 Å². The van der Waals surface area contributed by atoms with Crippen molar-refractivity contribution in [1.82, 2.24) is 4.57 Å². The molecule has 0 aliphatic carbocycles. The highest BCUT2D eigenvalue weighted by Gasteiger charge is 2.33. The molecule has 4 rings (SSSR count). The van der Waals surface area contributed by atoms with Gasteiger partial charge in [-0.05, 0) is 42.8 Å². The van der Waals surface area contributed by atoms with Crippen molar-refractivity contribution in [2.24, 2.45) is 4.99 Å². The van der Waals surface area contributed by atoms with E-state index in [1.54, 1.807) is 43.3 Å². The summed E-state index contributed by atoms with van der Waals surface area (Å²) >= 11 is 7.18. The number of halogens is 1. The van der Waals surface area contributed by atoms with Crippen LogP contribution in [0.1, 0.15) is 37.9 Å². The number of rotatable bonds is 5. The molecule has 0 radical (unpaired) electrons. The Hall–Kier alpha value is -4.02. The maximum absolute atomic E-state index is 13.7. The predicted octanol–water partition coefficient (Wildman–Crippen LogP) is 2.91. The van der Waals surface area contributed by atoms with Crippen LogP contribution < -0.4 is 24.4 Å². The van der Waals surface area contributed by atoms with E-state index in [9.17, 15) is 19.2 Å².